The predicted octanol–water partition coefficient (Wildman–Crippen LogP) is 2.81. The number of benzene rings is 2. The Kier molecular flexibility index (Phi) is 7.10. The van der Waals surface area contributed by atoms with Gasteiger partial charge in [0.25, 0.3) is 5.91 Å². The first-order chi connectivity index (χ1) is 15.6. The average Bonchev–Trinajstić information content (AvgIpc) is 3.17. The van der Waals surface area contributed by atoms with E-state index in [1.54, 1.807) is 43.1 Å². The number of carbonyl (C=O) groups excluding carboxylic acids is 2. The first kappa shape index (κ1) is 23.9. The van der Waals surface area contributed by atoms with Crippen LogP contribution in [-0.4, -0.2) is 45.1 Å². The molecule has 33 heavy (non-hydrogen) atoms. The maximum absolute atomic E-state index is 13.1. The molecule has 0 aliphatic heterocycles. The van der Waals surface area contributed by atoms with Gasteiger partial charge in [-0.15, -0.1) is 11.3 Å². The zero-order chi connectivity index (χ0) is 24.2. The maximum Gasteiger partial charge on any atom is 0.284 e. The molecule has 0 bridgehead atoms. The third kappa shape index (κ3) is 5.94. The molecular formula is C22H21N5O4S2. The number of anilines is 3. The highest BCUT2D eigenvalue weighted by Crippen LogP contribution is 2.32. The van der Waals surface area contributed by atoms with Crippen molar-refractivity contribution < 1.29 is 18.0 Å². The minimum absolute atomic E-state index is 0.0390. The number of carbonyl (C=O) groups is 2. The van der Waals surface area contributed by atoms with Gasteiger partial charge < -0.3 is 9.80 Å². The normalized spacial score (nSPS) is 10.8. The quantitative estimate of drug-likeness (QED) is 0.548. The standard InChI is InChI=1S/C22H21N5O4S2/c1-15-20(21(29)25-33(3,30)31)24-22(32-15)27(18-11-9-16(13-23)10-12-18)14-19(28)26(2)17-7-5-4-6-8-17/h4-12H,14H2,1-3H3,(H,25,29). The second kappa shape index (κ2) is 9.81. The summed E-state index contributed by atoms with van der Waals surface area (Å²) in [7, 11) is -2.10. The first-order valence-electron chi connectivity index (χ1n) is 9.68. The number of hydrogen-bond donors (Lipinski definition) is 1. The van der Waals surface area contributed by atoms with Crippen molar-refractivity contribution in [1.82, 2.24) is 9.71 Å². The summed E-state index contributed by atoms with van der Waals surface area (Å²) in [6, 6.07) is 17.8. The van der Waals surface area contributed by atoms with Crippen molar-refractivity contribution in [2.45, 2.75) is 6.92 Å². The van der Waals surface area contributed by atoms with E-state index >= 15 is 0 Å². The Morgan fingerprint density at radius 1 is 1.09 bits per heavy atom. The molecule has 2 amide bonds. The van der Waals surface area contributed by atoms with Gasteiger partial charge in [0.05, 0.1) is 17.9 Å². The van der Waals surface area contributed by atoms with Crippen molar-refractivity contribution in [3.8, 4) is 6.07 Å². The van der Waals surface area contributed by atoms with E-state index in [1.165, 1.54) is 4.90 Å². The number of nitrogens with zero attached hydrogens (tertiary/aromatic N) is 4. The van der Waals surface area contributed by atoms with Crippen LogP contribution < -0.4 is 14.5 Å². The van der Waals surface area contributed by atoms with E-state index in [4.69, 9.17) is 5.26 Å². The SMILES string of the molecule is Cc1sc(N(CC(=O)N(C)c2ccccc2)c2ccc(C#N)cc2)nc1C(=O)NS(C)(=O)=O. The lowest BCUT2D eigenvalue weighted by atomic mass is 10.2. The largest absolute Gasteiger partial charge is 0.314 e. The van der Waals surface area contributed by atoms with E-state index < -0.39 is 15.9 Å². The van der Waals surface area contributed by atoms with E-state index in [0.29, 0.717) is 26.9 Å². The highest BCUT2D eigenvalue weighted by atomic mass is 32.2. The molecule has 0 unspecified atom stereocenters. The Morgan fingerprint density at radius 2 is 1.73 bits per heavy atom. The lowest BCUT2D eigenvalue weighted by Crippen LogP contribution is -2.36. The zero-order valence-electron chi connectivity index (χ0n) is 18.1. The molecule has 0 atom stereocenters. The minimum Gasteiger partial charge on any atom is -0.314 e. The summed E-state index contributed by atoms with van der Waals surface area (Å²) in [5.41, 5.74) is 1.72. The second-order valence-corrected chi connectivity index (χ2v) is 10.1. The summed E-state index contributed by atoms with van der Waals surface area (Å²) < 4.78 is 24.8. The molecule has 0 radical (unpaired) electrons. The van der Waals surface area contributed by atoms with Crippen LogP contribution in [0.5, 0.6) is 0 Å². The number of sulfonamides is 1. The fourth-order valence-electron chi connectivity index (χ4n) is 2.95. The second-order valence-electron chi connectivity index (χ2n) is 7.14. The van der Waals surface area contributed by atoms with E-state index in [0.717, 1.165) is 17.6 Å². The van der Waals surface area contributed by atoms with Crippen LogP contribution in [0.25, 0.3) is 0 Å². The molecule has 0 aliphatic rings. The van der Waals surface area contributed by atoms with Crippen LogP contribution in [0, 0.1) is 18.3 Å². The number of amides is 2. The number of likely N-dealkylation sites (N-methyl/N-ethyl adjacent to an activating group) is 1. The van der Waals surface area contributed by atoms with Gasteiger partial charge in [-0.25, -0.2) is 18.1 Å². The van der Waals surface area contributed by atoms with Crippen molar-refractivity contribution >= 4 is 49.7 Å². The van der Waals surface area contributed by atoms with Crippen LogP contribution in [0.2, 0.25) is 0 Å². The molecule has 0 saturated heterocycles. The van der Waals surface area contributed by atoms with Gasteiger partial charge in [-0.2, -0.15) is 5.26 Å². The molecule has 1 heterocycles. The van der Waals surface area contributed by atoms with Crippen molar-refractivity contribution in [3.05, 3.63) is 70.7 Å². The lowest BCUT2D eigenvalue weighted by Gasteiger charge is -2.25. The number of aryl methyl sites for hydroxylation is 1. The number of rotatable bonds is 7. The highest BCUT2D eigenvalue weighted by molar-refractivity contribution is 7.89. The van der Waals surface area contributed by atoms with Gasteiger partial charge >= 0.3 is 0 Å². The van der Waals surface area contributed by atoms with E-state index in [1.807, 2.05) is 41.1 Å². The topological polar surface area (TPSA) is 123 Å². The van der Waals surface area contributed by atoms with Gasteiger partial charge in [0.1, 0.15) is 12.2 Å². The molecule has 9 nitrogen and oxygen atoms in total. The van der Waals surface area contributed by atoms with Crippen molar-refractivity contribution in [2.75, 3.05) is 29.6 Å². The van der Waals surface area contributed by atoms with Crippen molar-refractivity contribution in [3.63, 3.8) is 0 Å². The molecule has 3 rings (SSSR count). The summed E-state index contributed by atoms with van der Waals surface area (Å²) in [5, 5.41) is 9.43. The molecule has 2 aromatic carbocycles. The van der Waals surface area contributed by atoms with Crippen LogP contribution in [0.4, 0.5) is 16.5 Å². The zero-order valence-corrected chi connectivity index (χ0v) is 19.8. The lowest BCUT2D eigenvalue weighted by molar-refractivity contribution is -0.116. The van der Waals surface area contributed by atoms with Crippen LogP contribution in [0.15, 0.2) is 54.6 Å². The highest BCUT2D eigenvalue weighted by Gasteiger charge is 2.24. The number of para-hydroxylation sites is 1. The third-order valence-corrected chi connectivity index (χ3v) is 6.18. The number of aromatic nitrogens is 1. The van der Waals surface area contributed by atoms with Gasteiger partial charge in [0.15, 0.2) is 5.13 Å². The molecule has 11 heteroatoms. The molecule has 0 saturated carbocycles. The molecular weight excluding hydrogens is 462 g/mol. The minimum atomic E-state index is -3.76. The summed E-state index contributed by atoms with van der Waals surface area (Å²) in [6.45, 7) is 1.55. The Bertz CT molecular complexity index is 1310. The van der Waals surface area contributed by atoms with Crippen LogP contribution >= 0.6 is 11.3 Å². The smallest absolute Gasteiger partial charge is 0.284 e. The molecule has 3 aromatic rings. The molecule has 0 aliphatic carbocycles. The van der Waals surface area contributed by atoms with Gasteiger partial charge in [-0.05, 0) is 43.3 Å². The Balaban J connectivity index is 1.97. The average molecular weight is 484 g/mol. The van der Waals surface area contributed by atoms with Crippen LogP contribution in [0.3, 0.4) is 0 Å². The molecule has 0 spiro atoms. The number of hydrogen-bond acceptors (Lipinski definition) is 8. The molecule has 1 aromatic heterocycles. The van der Waals surface area contributed by atoms with E-state index in [9.17, 15) is 18.0 Å². The third-order valence-electron chi connectivity index (χ3n) is 4.63. The summed E-state index contributed by atoms with van der Waals surface area (Å²) in [6.07, 6.45) is 0.884. The van der Waals surface area contributed by atoms with Crippen LogP contribution in [0.1, 0.15) is 20.9 Å². The van der Waals surface area contributed by atoms with Crippen molar-refractivity contribution in [1.29, 1.82) is 5.26 Å². The van der Waals surface area contributed by atoms with Gasteiger partial charge in [-0.1, -0.05) is 18.2 Å². The Labute approximate surface area is 196 Å². The fraction of sp³-hybridized carbons (Fsp3) is 0.182. The first-order valence-corrected chi connectivity index (χ1v) is 12.4. The maximum atomic E-state index is 13.1. The molecule has 1 N–H and O–H groups in total. The Hall–Kier alpha value is -3.75. The Morgan fingerprint density at radius 3 is 2.30 bits per heavy atom. The summed E-state index contributed by atoms with van der Waals surface area (Å²) >= 11 is 1.15. The number of nitriles is 1. The molecule has 0 fully saturated rings. The van der Waals surface area contributed by atoms with Crippen molar-refractivity contribution in [2.24, 2.45) is 0 Å². The van der Waals surface area contributed by atoms with Gasteiger partial charge in [0.2, 0.25) is 15.9 Å². The number of nitrogens with one attached hydrogen (secondary N) is 1. The fourth-order valence-corrected chi connectivity index (χ4v) is 4.31. The van der Waals surface area contributed by atoms with Crippen LogP contribution in [-0.2, 0) is 14.8 Å². The monoisotopic (exact) mass is 483 g/mol. The molecule has 170 valence electrons. The predicted molar refractivity (Wildman–Crippen MR) is 127 cm³/mol. The van der Waals surface area contributed by atoms with E-state index in [2.05, 4.69) is 4.98 Å². The van der Waals surface area contributed by atoms with Gasteiger partial charge in [0, 0.05) is 23.3 Å². The van der Waals surface area contributed by atoms with E-state index in [-0.39, 0.29) is 18.1 Å². The summed E-state index contributed by atoms with van der Waals surface area (Å²) in [5.74, 6) is -1.08. The number of thiazole rings is 1. The summed E-state index contributed by atoms with van der Waals surface area (Å²) in [4.78, 5) is 33.4. The van der Waals surface area contributed by atoms with Gasteiger partial charge in [-0.3, -0.25) is 9.59 Å².